The molecular formula is C38H79NO7P+. The lowest BCUT2D eigenvalue weighted by molar-refractivity contribution is -0.870. The van der Waals surface area contributed by atoms with Gasteiger partial charge in [-0.15, -0.1) is 0 Å². The van der Waals surface area contributed by atoms with Crippen LogP contribution in [0, 0.1) is 0 Å². The maximum atomic E-state index is 12.6. The van der Waals surface area contributed by atoms with E-state index in [2.05, 4.69) is 13.8 Å². The van der Waals surface area contributed by atoms with Gasteiger partial charge < -0.3 is 18.9 Å². The Bertz CT molecular complexity index is 731. The lowest BCUT2D eigenvalue weighted by Crippen LogP contribution is -2.37. The number of rotatable bonds is 37. The molecule has 0 fully saturated rings. The maximum Gasteiger partial charge on any atom is 0.472 e. The number of phosphoric ester groups is 1. The zero-order valence-electron chi connectivity index (χ0n) is 31.8. The first-order chi connectivity index (χ1) is 22.6. The van der Waals surface area contributed by atoms with Gasteiger partial charge in [0.1, 0.15) is 19.3 Å². The summed E-state index contributed by atoms with van der Waals surface area (Å²) < 4.78 is 34.7. The first-order valence-electron chi connectivity index (χ1n) is 19.8. The molecule has 47 heavy (non-hydrogen) atoms. The number of unbranched alkanes of at least 4 members (excludes halogenated alkanes) is 23. The fraction of sp³-hybridized carbons (Fsp3) is 0.974. The van der Waals surface area contributed by atoms with E-state index in [4.69, 9.17) is 18.5 Å². The van der Waals surface area contributed by atoms with Gasteiger partial charge in [0.15, 0.2) is 0 Å². The molecule has 0 aliphatic heterocycles. The Labute approximate surface area is 291 Å². The van der Waals surface area contributed by atoms with Gasteiger partial charge in [-0.05, 0) is 12.8 Å². The molecule has 0 aromatic carbocycles. The SMILES string of the molecule is CCCCCCCCCCCCCCCCCCCCC(=O)OC(COCCCCCCCCC)COP(=O)(O)OCC[N+](C)(C)C. The smallest absolute Gasteiger partial charge is 0.457 e. The molecule has 2 unspecified atom stereocenters. The van der Waals surface area contributed by atoms with Crippen molar-refractivity contribution in [3.63, 3.8) is 0 Å². The molecule has 0 aliphatic rings. The number of hydrogen-bond donors (Lipinski definition) is 1. The van der Waals surface area contributed by atoms with Crippen LogP contribution in [0.3, 0.4) is 0 Å². The van der Waals surface area contributed by atoms with Crippen LogP contribution in [0.5, 0.6) is 0 Å². The Morgan fingerprint density at radius 1 is 0.574 bits per heavy atom. The highest BCUT2D eigenvalue weighted by Crippen LogP contribution is 2.43. The van der Waals surface area contributed by atoms with E-state index < -0.39 is 13.9 Å². The maximum absolute atomic E-state index is 12.6. The molecule has 0 saturated heterocycles. The van der Waals surface area contributed by atoms with Gasteiger partial charge in [-0.2, -0.15) is 0 Å². The normalized spacial score (nSPS) is 13.9. The summed E-state index contributed by atoms with van der Waals surface area (Å²) in [4.78, 5) is 22.7. The van der Waals surface area contributed by atoms with Gasteiger partial charge in [-0.25, -0.2) is 4.57 Å². The first kappa shape index (κ1) is 46.5. The highest BCUT2D eigenvalue weighted by Gasteiger charge is 2.26. The average molecular weight is 693 g/mol. The van der Waals surface area contributed by atoms with Crippen LogP contribution in [-0.2, 0) is 27.9 Å². The predicted molar refractivity (Wildman–Crippen MR) is 197 cm³/mol. The molecule has 0 saturated carbocycles. The van der Waals surface area contributed by atoms with Crippen molar-refractivity contribution < 1.29 is 37.3 Å². The van der Waals surface area contributed by atoms with E-state index in [9.17, 15) is 14.3 Å². The van der Waals surface area contributed by atoms with Crippen LogP contribution >= 0.6 is 7.82 Å². The number of carbonyl (C=O) groups is 1. The molecule has 0 heterocycles. The third kappa shape index (κ3) is 36.6. The van der Waals surface area contributed by atoms with Crippen LogP contribution in [0.15, 0.2) is 0 Å². The number of esters is 1. The van der Waals surface area contributed by atoms with Crippen molar-refractivity contribution >= 4 is 13.8 Å². The van der Waals surface area contributed by atoms with E-state index >= 15 is 0 Å². The fourth-order valence-electron chi connectivity index (χ4n) is 5.55. The first-order valence-corrected chi connectivity index (χ1v) is 21.3. The standard InChI is InChI=1S/C38H78NO7P/c1-6-8-10-12-14-15-16-17-18-19-20-21-22-23-24-25-27-29-31-38(40)46-37(35-43-33-30-28-26-13-11-9-7-2)36-45-47(41,42)44-34-32-39(3,4)5/h37H,6-36H2,1-5H3/p+1. The van der Waals surface area contributed by atoms with E-state index in [0.29, 0.717) is 24.1 Å². The fourth-order valence-corrected chi connectivity index (χ4v) is 6.29. The second kappa shape index (κ2) is 32.7. The molecule has 0 amide bonds. The summed E-state index contributed by atoms with van der Waals surface area (Å²) in [5, 5.41) is 0. The second-order valence-electron chi connectivity index (χ2n) is 14.7. The molecule has 0 radical (unpaired) electrons. The number of quaternary nitrogens is 1. The van der Waals surface area contributed by atoms with E-state index in [1.165, 1.54) is 128 Å². The number of likely N-dealkylation sites (N-methyl/N-ethyl adjacent to an activating group) is 1. The van der Waals surface area contributed by atoms with Crippen LogP contribution in [-0.4, -0.2) is 75.6 Å². The average Bonchev–Trinajstić information content (AvgIpc) is 3.01. The van der Waals surface area contributed by atoms with Gasteiger partial charge in [-0.1, -0.05) is 162 Å². The summed E-state index contributed by atoms with van der Waals surface area (Å²) in [6.07, 6.45) is 31.4. The summed E-state index contributed by atoms with van der Waals surface area (Å²) in [6.45, 7) is 5.62. The van der Waals surface area contributed by atoms with Crippen LogP contribution in [0.1, 0.15) is 181 Å². The number of hydrogen-bond acceptors (Lipinski definition) is 6. The zero-order chi connectivity index (χ0) is 34.9. The highest BCUT2D eigenvalue weighted by molar-refractivity contribution is 7.47. The zero-order valence-corrected chi connectivity index (χ0v) is 32.7. The van der Waals surface area contributed by atoms with Gasteiger partial charge in [0, 0.05) is 13.0 Å². The van der Waals surface area contributed by atoms with E-state index in [0.717, 1.165) is 32.1 Å². The number of nitrogens with zero attached hydrogens (tertiary/aromatic N) is 1. The quantitative estimate of drug-likeness (QED) is 0.0300. The predicted octanol–water partition coefficient (Wildman–Crippen LogP) is 10.9. The van der Waals surface area contributed by atoms with Gasteiger partial charge in [0.05, 0.1) is 34.4 Å². The van der Waals surface area contributed by atoms with Crippen LogP contribution in [0.4, 0.5) is 0 Å². The lowest BCUT2D eigenvalue weighted by atomic mass is 10.0. The van der Waals surface area contributed by atoms with Crippen molar-refractivity contribution in [2.75, 3.05) is 54.1 Å². The van der Waals surface area contributed by atoms with Crippen molar-refractivity contribution in [2.45, 2.75) is 187 Å². The summed E-state index contributed by atoms with van der Waals surface area (Å²) in [5.74, 6) is -0.312. The molecule has 0 rings (SSSR count). The summed E-state index contributed by atoms with van der Waals surface area (Å²) >= 11 is 0. The molecule has 9 heteroatoms. The van der Waals surface area contributed by atoms with Gasteiger partial charge in [0.2, 0.25) is 0 Å². The van der Waals surface area contributed by atoms with Crippen LogP contribution in [0.25, 0.3) is 0 Å². The van der Waals surface area contributed by atoms with Crippen molar-refractivity contribution in [3.8, 4) is 0 Å². The van der Waals surface area contributed by atoms with Crippen molar-refractivity contribution in [1.82, 2.24) is 0 Å². The van der Waals surface area contributed by atoms with Crippen LogP contribution in [0.2, 0.25) is 0 Å². The largest absolute Gasteiger partial charge is 0.472 e. The van der Waals surface area contributed by atoms with E-state index in [1.807, 2.05) is 21.1 Å². The molecule has 0 aromatic heterocycles. The Hall–Kier alpha value is -0.500. The topological polar surface area (TPSA) is 91.3 Å². The minimum atomic E-state index is -4.25. The molecule has 2 atom stereocenters. The molecule has 0 aromatic rings. The minimum Gasteiger partial charge on any atom is -0.457 e. The third-order valence-corrected chi connectivity index (χ3v) is 9.65. The molecule has 1 N–H and O–H groups in total. The van der Waals surface area contributed by atoms with Crippen molar-refractivity contribution in [1.29, 1.82) is 0 Å². The van der Waals surface area contributed by atoms with Crippen molar-refractivity contribution in [3.05, 3.63) is 0 Å². The summed E-state index contributed by atoms with van der Waals surface area (Å²) in [7, 11) is 1.68. The minimum absolute atomic E-state index is 0.0931. The second-order valence-corrected chi connectivity index (χ2v) is 16.1. The van der Waals surface area contributed by atoms with E-state index in [-0.39, 0.29) is 25.8 Å². The highest BCUT2D eigenvalue weighted by atomic mass is 31.2. The molecule has 0 aliphatic carbocycles. The molecule has 8 nitrogen and oxygen atoms in total. The molecule has 0 bridgehead atoms. The lowest BCUT2D eigenvalue weighted by Gasteiger charge is -2.24. The Morgan fingerprint density at radius 3 is 1.40 bits per heavy atom. The van der Waals surface area contributed by atoms with Gasteiger partial charge in [-0.3, -0.25) is 13.8 Å². The Morgan fingerprint density at radius 2 is 0.979 bits per heavy atom. The van der Waals surface area contributed by atoms with Crippen LogP contribution < -0.4 is 0 Å². The van der Waals surface area contributed by atoms with Gasteiger partial charge >= 0.3 is 13.8 Å². The van der Waals surface area contributed by atoms with Crippen molar-refractivity contribution in [2.24, 2.45) is 0 Å². The summed E-state index contributed by atoms with van der Waals surface area (Å²) in [5.41, 5.74) is 0. The number of ether oxygens (including phenoxy) is 2. The van der Waals surface area contributed by atoms with E-state index in [1.54, 1.807) is 0 Å². The molecular weight excluding hydrogens is 613 g/mol. The third-order valence-electron chi connectivity index (χ3n) is 8.67. The monoisotopic (exact) mass is 693 g/mol. The Balaban J connectivity index is 4.11. The number of carbonyl (C=O) groups excluding carboxylic acids is 1. The van der Waals surface area contributed by atoms with Gasteiger partial charge in [0.25, 0.3) is 0 Å². The summed E-state index contributed by atoms with van der Waals surface area (Å²) in [6, 6.07) is 0. The number of phosphoric acid groups is 1. The Kier molecular flexibility index (Phi) is 32.3. The molecule has 282 valence electrons. The molecule has 0 spiro atoms.